The lowest BCUT2D eigenvalue weighted by atomic mass is 10.4. The van der Waals surface area contributed by atoms with Crippen LogP contribution in [0.25, 0.3) is 0 Å². The molecule has 0 aliphatic heterocycles. The van der Waals surface area contributed by atoms with E-state index in [1.54, 1.807) is 24.6 Å². The van der Waals surface area contributed by atoms with Crippen LogP contribution in [-0.2, 0) is 16.6 Å². The molecule has 0 amide bonds. The number of aromatic nitrogens is 2. The van der Waals surface area contributed by atoms with Gasteiger partial charge >= 0.3 is 0 Å². The van der Waals surface area contributed by atoms with Crippen LogP contribution in [0.5, 0.6) is 0 Å². The summed E-state index contributed by atoms with van der Waals surface area (Å²) in [7, 11) is -3.50. The maximum Gasteiger partial charge on any atom is 0.259 e. The van der Waals surface area contributed by atoms with E-state index < -0.39 is 10.0 Å². The van der Waals surface area contributed by atoms with Gasteiger partial charge in [0, 0.05) is 25.7 Å². The van der Waals surface area contributed by atoms with E-state index in [0.29, 0.717) is 25.3 Å². The summed E-state index contributed by atoms with van der Waals surface area (Å²) in [6.45, 7) is 6.46. The van der Waals surface area contributed by atoms with Crippen LogP contribution < -0.4 is 4.72 Å². The highest BCUT2D eigenvalue weighted by atomic mass is 32.2. The molecule has 0 atom stereocenters. The fourth-order valence-corrected chi connectivity index (χ4v) is 2.41. The van der Waals surface area contributed by atoms with E-state index in [1.165, 1.54) is 0 Å². The van der Waals surface area contributed by atoms with Crippen molar-refractivity contribution in [2.75, 3.05) is 6.54 Å². The molecule has 0 saturated heterocycles. The summed E-state index contributed by atoms with van der Waals surface area (Å²) in [6, 6.07) is 0. The predicted octanol–water partition coefficient (Wildman–Crippen LogP) is 0.903. The van der Waals surface area contributed by atoms with Gasteiger partial charge in [-0.1, -0.05) is 0 Å². The zero-order valence-corrected chi connectivity index (χ0v) is 11.1. The standard InChI is InChI=1S/C11H17N3O2S/c1-4-6-7-8-12-17(15,16)11-9-14(5-2)10(3)13-11/h9,12H,5,7-8H2,1-3H3. The molecule has 1 heterocycles. The minimum absolute atomic E-state index is 0.0707. The number of sulfonamides is 1. The maximum atomic E-state index is 11.8. The summed E-state index contributed by atoms with van der Waals surface area (Å²) in [4.78, 5) is 4.03. The van der Waals surface area contributed by atoms with Crippen LogP contribution >= 0.6 is 0 Å². The Morgan fingerprint density at radius 3 is 2.76 bits per heavy atom. The summed E-state index contributed by atoms with van der Waals surface area (Å²) in [5, 5.41) is 0.0707. The van der Waals surface area contributed by atoms with Crippen molar-refractivity contribution in [1.29, 1.82) is 0 Å². The van der Waals surface area contributed by atoms with Crippen molar-refractivity contribution in [2.24, 2.45) is 0 Å². The van der Waals surface area contributed by atoms with Crippen molar-refractivity contribution < 1.29 is 8.42 Å². The first-order valence-electron chi connectivity index (χ1n) is 5.44. The minimum atomic E-state index is -3.50. The molecule has 17 heavy (non-hydrogen) atoms. The lowest BCUT2D eigenvalue weighted by Crippen LogP contribution is -2.24. The lowest BCUT2D eigenvalue weighted by Gasteiger charge is -2.00. The van der Waals surface area contributed by atoms with Gasteiger partial charge in [0.2, 0.25) is 0 Å². The third-order valence-electron chi connectivity index (χ3n) is 2.29. The Morgan fingerprint density at radius 1 is 1.53 bits per heavy atom. The molecule has 1 rings (SSSR count). The highest BCUT2D eigenvalue weighted by Crippen LogP contribution is 2.08. The van der Waals surface area contributed by atoms with Gasteiger partial charge in [0.15, 0.2) is 5.03 Å². The van der Waals surface area contributed by atoms with Crippen molar-refractivity contribution in [1.82, 2.24) is 14.3 Å². The SMILES string of the molecule is CC#CCCNS(=O)(=O)c1cn(CC)c(C)n1. The van der Waals surface area contributed by atoms with E-state index in [1.807, 2.05) is 6.92 Å². The normalized spacial score (nSPS) is 11.0. The van der Waals surface area contributed by atoms with Gasteiger partial charge in [0.25, 0.3) is 10.0 Å². The van der Waals surface area contributed by atoms with Gasteiger partial charge in [-0.05, 0) is 20.8 Å². The second kappa shape index (κ2) is 5.84. The van der Waals surface area contributed by atoms with Gasteiger partial charge < -0.3 is 4.57 Å². The van der Waals surface area contributed by atoms with Crippen LogP contribution in [-0.4, -0.2) is 24.5 Å². The third kappa shape index (κ3) is 3.58. The van der Waals surface area contributed by atoms with Crippen LogP contribution in [0.1, 0.15) is 26.1 Å². The molecule has 1 N–H and O–H groups in total. The Kier molecular flexibility index (Phi) is 4.73. The lowest BCUT2D eigenvalue weighted by molar-refractivity contribution is 0.579. The molecule has 94 valence electrons. The molecule has 1 aromatic heterocycles. The van der Waals surface area contributed by atoms with E-state index in [2.05, 4.69) is 21.5 Å². The fourth-order valence-electron chi connectivity index (χ4n) is 1.38. The van der Waals surface area contributed by atoms with Crippen molar-refractivity contribution in [3.8, 4) is 11.8 Å². The zero-order chi connectivity index (χ0) is 12.9. The number of aryl methyl sites for hydroxylation is 2. The summed E-state index contributed by atoms with van der Waals surface area (Å²) in [5.41, 5.74) is 0. The Balaban J connectivity index is 2.77. The number of imidazole rings is 1. The van der Waals surface area contributed by atoms with Crippen molar-refractivity contribution in [3.63, 3.8) is 0 Å². The molecule has 0 spiro atoms. The molecular weight excluding hydrogens is 238 g/mol. The van der Waals surface area contributed by atoms with Gasteiger partial charge in [-0.2, -0.15) is 0 Å². The zero-order valence-electron chi connectivity index (χ0n) is 10.3. The topological polar surface area (TPSA) is 64.0 Å². The predicted molar refractivity (Wildman–Crippen MR) is 65.9 cm³/mol. The molecule has 0 aliphatic rings. The molecule has 0 fully saturated rings. The average Bonchev–Trinajstić information content (AvgIpc) is 2.67. The van der Waals surface area contributed by atoms with Crippen LogP contribution in [0.15, 0.2) is 11.2 Å². The van der Waals surface area contributed by atoms with E-state index in [-0.39, 0.29) is 5.03 Å². The number of rotatable bonds is 5. The molecule has 0 unspecified atom stereocenters. The van der Waals surface area contributed by atoms with Gasteiger partial charge in [-0.25, -0.2) is 18.1 Å². The summed E-state index contributed by atoms with van der Waals surface area (Å²) in [5.74, 6) is 6.20. The first-order valence-corrected chi connectivity index (χ1v) is 6.92. The highest BCUT2D eigenvalue weighted by Gasteiger charge is 2.17. The highest BCUT2D eigenvalue weighted by molar-refractivity contribution is 7.89. The molecule has 1 aromatic rings. The monoisotopic (exact) mass is 255 g/mol. The van der Waals surface area contributed by atoms with Gasteiger partial charge in [0.05, 0.1) is 0 Å². The smallest absolute Gasteiger partial charge is 0.259 e. The number of hydrogen-bond acceptors (Lipinski definition) is 3. The Labute approximate surface area is 102 Å². The van der Waals surface area contributed by atoms with Gasteiger partial charge in [-0.15, -0.1) is 11.8 Å². The quantitative estimate of drug-likeness (QED) is 0.628. The van der Waals surface area contributed by atoms with E-state index in [9.17, 15) is 8.42 Å². The van der Waals surface area contributed by atoms with E-state index in [0.717, 1.165) is 0 Å². The van der Waals surface area contributed by atoms with Crippen LogP contribution in [0.2, 0.25) is 0 Å². The van der Waals surface area contributed by atoms with Crippen molar-refractivity contribution in [2.45, 2.75) is 38.8 Å². The number of nitrogens with zero attached hydrogens (tertiary/aromatic N) is 2. The summed E-state index contributed by atoms with van der Waals surface area (Å²) < 4.78 is 27.9. The second-order valence-electron chi connectivity index (χ2n) is 3.49. The molecule has 0 aliphatic carbocycles. The molecule has 0 bridgehead atoms. The average molecular weight is 255 g/mol. The van der Waals surface area contributed by atoms with E-state index in [4.69, 9.17) is 0 Å². The first-order chi connectivity index (χ1) is 8.01. The largest absolute Gasteiger partial charge is 0.334 e. The summed E-state index contributed by atoms with van der Waals surface area (Å²) in [6.07, 6.45) is 2.05. The summed E-state index contributed by atoms with van der Waals surface area (Å²) >= 11 is 0. The minimum Gasteiger partial charge on any atom is -0.334 e. The van der Waals surface area contributed by atoms with Crippen LogP contribution in [0, 0.1) is 18.8 Å². The van der Waals surface area contributed by atoms with Gasteiger partial charge in [0.1, 0.15) is 5.82 Å². The molecule has 6 heteroatoms. The molecular formula is C11H17N3O2S. The molecule has 0 aromatic carbocycles. The molecule has 5 nitrogen and oxygen atoms in total. The Hall–Kier alpha value is -1.32. The molecule has 0 saturated carbocycles. The fraction of sp³-hybridized carbons (Fsp3) is 0.545. The number of nitrogens with one attached hydrogen (secondary N) is 1. The third-order valence-corrected chi connectivity index (χ3v) is 3.62. The molecule has 0 radical (unpaired) electrons. The second-order valence-corrected chi connectivity index (χ2v) is 5.20. The van der Waals surface area contributed by atoms with Gasteiger partial charge in [-0.3, -0.25) is 0 Å². The van der Waals surface area contributed by atoms with Crippen LogP contribution in [0.3, 0.4) is 0 Å². The van der Waals surface area contributed by atoms with Crippen LogP contribution in [0.4, 0.5) is 0 Å². The maximum absolute atomic E-state index is 11.8. The Bertz CT molecular complexity index is 535. The number of hydrogen-bond donors (Lipinski definition) is 1. The van der Waals surface area contributed by atoms with Crippen molar-refractivity contribution >= 4 is 10.0 Å². The Morgan fingerprint density at radius 2 is 2.24 bits per heavy atom. The van der Waals surface area contributed by atoms with E-state index >= 15 is 0 Å². The van der Waals surface area contributed by atoms with Crippen molar-refractivity contribution in [3.05, 3.63) is 12.0 Å². The first kappa shape index (κ1) is 13.7.